The van der Waals surface area contributed by atoms with E-state index in [9.17, 15) is 8.42 Å². The van der Waals surface area contributed by atoms with Gasteiger partial charge in [-0.25, -0.2) is 13.1 Å². The van der Waals surface area contributed by atoms with Gasteiger partial charge in [0.05, 0.1) is 5.75 Å². The number of thiophene rings is 1. The fourth-order valence-corrected chi connectivity index (χ4v) is 5.37. The molecule has 0 aliphatic carbocycles. The lowest BCUT2D eigenvalue weighted by Crippen LogP contribution is -2.35. The molecular weight excluding hydrogens is 388 g/mol. The molecule has 4 nitrogen and oxygen atoms in total. The normalized spacial score (nSPS) is 13.4. The van der Waals surface area contributed by atoms with Crippen LogP contribution in [-0.2, 0) is 15.8 Å². The van der Waals surface area contributed by atoms with Gasteiger partial charge in [-0.2, -0.15) is 0 Å². The number of fused-ring (bicyclic) bond motifs is 1. The summed E-state index contributed by atoms with van der Waals surface area (Å²) in [6.45, 7) is 0.306. The monoisotopic (exact) mass is 408 g/mol. The zero-order valence-corrected chi connectivity index (χ0v) is 17.0. The molecule has 7 heteroatoms. The molecular formula is C19H21ClN2O2S2. The number of hydrogen-bond donors (Lipinski definition) is 1. The first kappa shape index (κ1) is 19.3. The molecule has 0 unspecified atom stereocenters. The van der Waals surface area contributed by atoms with Gasteiger partial charge in [-0.3, -0.25) is 0 Å². The molecule has 0 saturated heterocycles. The summed E-state index contributed by atoms with van der Waals surface area (Å²) in [6, 6.07) is 15.1. The Morgan fingerprint density at radius 3 is 2.54 bits per heavy atom. The van der Waals surface area contributed by atoms with E-state index in [1.54, 1.807) is 35.6 Å². The van der Waals surface area contributed by atoms with Crippen LogP contribution < -0.4 is 4.72 Å². The minimum absolute atomic E-state index is 0.0489. The molecule has 26 heavy (non-hydrogen) atoms. The summed E-state index contributed by atoms with van der Waals surface area (Å²) >= 11 is 7.77. The maximum atomic E-state index is 12.5. The van der Waals surface area contributed by atoms with E-state index < -0.39 is 10.0 Å². The van der Waals surface area contributed by atoms with Crippen LogP contribution in [0, 0.1) is 0 Å². The van der Waals surface area contributed by atoms with Gasteiger partial charge in [0.25, 0.3) is 0 Å². The minimum atomic E-state index is -3.49. The Balaban J connectivity index is 1.78. The van der Waals surface area contributed by atoms with E-state index in [1.807, 2.05) is 31.1 Å². The van der Waals surface area contributed by atoms with Gasteiger partial charge in [-0.05, 0) is 48.1 Å². The van der Waals surface area contributed by atoms with E-state index in [0.717, 1.165) is 5.56 Å². The van der Waals surface area contributed by atoms with Gasteiger partial charge in [-0.15, -0.1) is 11.3 Å². The maximum absolute atomic E-state index is 12.5. The van der Waals surface area contributed by atoms with Crippen molar-refractivity contribution in [2.75, 3.05) is 20.6 Å². The average Bonchev–Trinajstić information content (AvgIpc) is 3.01. The van der Waals surface area contributed by atoms with Crippen molar-refractivity contribution in [3.63, 3.8) is 0 Å². The van der Waals surface area contributed by atoms with Crippen LogP contribution in [0.1, 0.15) is 17.2 Å². The number of hydrogen-bond acceptors (Lipinski definition) is 4. The second-order valence-corrected chi connectivity index (χ2v) is 9.49. The number of nitrogens with one attached hydrogen (secondary N) is 1. The van der Waals surface area contributed by atoms with Crippen molar-refractivity contribution < 1.29 is 8.42 Å². The summed E-state index contributed by atoms with van der Waals surface area (Å²) < 4.78 is 29.0. The van der Waals surface area contributed by atoms with Crippen molar-refractivity contribution in [3.8, 4) is 0 Å². The summed E-state index contributed by atoms with van der Waals surface area (Å²) in [4.78, 5) is 2.03. The number of likely N-dealkylation sites (N-methyl/N-ethyl adjacent to an activating group) is 1. The van der Waals surface area contributed by atoms with Crippen molar-refractivity contribution in [1.82, 2.24) is 9.62 Å². The lowest BCUT2D eigenvalue weighted by molar-refractivity contribution is 0.301. The largest absolute Gasteiger partial charge is 0.301 e. The Morgan fingerprint density at radius 1 is 1.12 bits per heavy atom. The SMILES string of the molecule is CN(C)[C@H](CNS(=O)(=O)Cc1ccccc1Cl)c1csc2ccccc12. The standard InChI is InChI=1S/C19H21ClN2O2S2/c1-22(2)18(16-12-25-19-10-6-4-8-15(16)19)11-21-26(23,24)13-14-7-3-5-9-17(14)20/h3-10,12,18,21H,11,13H2,1-2H3/t18-/m1/s1. The molecule has 138 valence electrons. The van der Waals surface area contributed by atoms with Crippen LogP contribution >= 0.6 is 22.9 Å². The number of rotatable bonds is 7. The van der Waals surface area contributed by atoms with E-state index in [4.69, 9.17) is 11.6 Å². The van der Waals surface area contributed by atoms with Gasteiger partial charge in [0.2, 0.25) is 10.0 Å². The molecule has 1 heterocycles. The Morgan fingerprint density at radius 2 is 1.81 bits per heavy atom. The van der Waals surface area contributed by atoms with E-state index in [0.29, 0.717) is 17.1 Å². The molecule has 3 aromatic rings. The van der Waals surface area contributed by atoms with Gasteiger partial charge in [0, 0.05) is 22.3 Å². The molecule has 0 spiro atoms. The Kier molecular flexibility index (Phi) is 5.99. The molecule has 2 aromatic carbocycles. The van der Waals surface area contributed by atoms with Gasteiger partial charge in [0.15, 0.2) is 0 Å². The molecule has 1 atom stereocenters. The quantitative estimate of drug-likeness (QED) is 0.634. The summed E-state index contributed by atoms with van der Waals surface area (Å²) in [7, 11) is 0.428. The van der Waals surface area contributed by atoms with E-state index in [1.165, 1.54) is 10.1 Å². The van der Waals surface area contributed by atoms with Crippen molar-refractivity contribution >= 4 is 43.0 Å². The molecule has 0 saturated carbocycles. The number of halogens is 1. The van der Waals surface area contributed by atoms with E-state index in [-0.39, 0.29) is 11.8 Å². The third kappa shape index (κ3) is 4.45. The minimum Gasteiger partial charge on any atom is -0.301 e. The summed E-state index contributed by atoms with van der Waals surface area (Å²) in [5.74, 6) is -0.128. The molecule has 0 amide bonds. The second kappa shape index (κ2) is 8.06. The van der Waals surface area contributed by atoms with Gasteiger partial charge in [-0.1, -0.05) is 48.0 Å². The Labute approximate surface area is 163 Å². The molecule has 0 radical (unpaired) electrons. The molecule has 1 N–H and O–H groups in total. The first-order chi connectivity index (χ1) is 12.4. The Bertz CT molecular complexity index is 999. The maximum Gasteiger partial charge on any atom is 0.215 e. The number of sulfonamides is 1. The summed E-state index contributed by atoms with van der Waals surface area (Å²) in [5, 5.41) is 3.74. The number of benzene rings is 2. The molecule has 0 aliphatic rings. The van der Waals surface area contributed by atoms with Crippen LogP contribution in [0.15, 0.2) is 53.9 Å². The highest BCUT2D eigenvalue weighted by atomic mass is 35.5. The van der Waals surface area contributed by atoms with Gasteiger partial charge >= 0.3 is 0 Å². The predicted molar refractivity (Wildman–Crippen MR) is 110 cm³/mol. The van der Waals surface area contributed by atoms with E-state index >= 15 is 0 Å². The second-order valence-electron chi connectivity index (χ2n) is 6.37. The highest BCUT2D eigenvalue weighted by molar-refractivity contribution is 7.88. The first-order valence-corrected chi connectivity index (χ1v) is 11.1. The van der Waals surface area contributed by atoms with Crippen LogP contribution in [0.2, 0.25) is 5.02 Å². The zero-order valence-electron chi connectivity index (χ0n) is 14.6. The first-order valence-electron chi connectivity index (χ1n) is 8.20. The highest BCUT2D eigenvalue weighted by Crippen LogP contribution is 2.32. The Hall–Kier alpha value is -1.44. The van der Waals surface area contributed by atoms with Crippen LogP contribution in [0.3, 0.4) is 0 Å². The van der Waals surface area contributed by atoms with Crippen molar-refractivity contribution in [1.29, 1.82) is 0 Å². The smallest absolute Gasteiger partial charge is 0.215 e. The van der Waals surface area contributed by atoms with Crippen LogP contribution in [0.25, 0.3) is 10.1 Å². The van der Waals surface area contributed by atoms with Crippen molar-refractivity contribution in [2.45, 2.75) is 11.8 Å². The molecule has 3 rings (SSSR count). The average molecular weight is 409 g/mol. The number of nitrogens with zero attached hydrogens (tertiary/aromatic N) is 1. The fourth-order valence-electron chi connectivity index (χ4n) is 2.90. The lowest BCUT2D eigenvalue weighted by Gasteiger charge is -2.24. The van der Waals surface area contributed by atoms with E-state index in [2.05, 4.69) is 22.2 Å². The van der Waals surface area contributed by atoms with Crippen molar-refractivity contribution in [2.24, 2.45) is 0 Å². The van der Waals surface area contributed by atoms with Gasteiger partial charge < -0.3 is 4.90 Å². The molecule has 1 aromatic heterocycles. The zero-order chi connectivity index (χ0) is 18.7. The van der Waals surface area contributed by atoms with Crippen LogP contribution in [0.4, 0.5) is 0 Å². The summed E-state index contributed by atoms with van der Waals surface area (Å²) in [5.41, 5.74) is 1.74. The topological polar surface area (TPSA) is 49.4 Å². The fraction of sp³-hybridized carbons (Fsp3) is 0.263. The predicted octanol–water partition coefficient (Wildman–Crippen LogP) is 4.28. The van der Waals surface area contributed by atoms with Crippen LogP contribution in [0.5, 0.6) is 0 Å². The molecule has 0 bridgehead atoms. The molecule has 0 aliphatic heterocycles. The lowest BCUT2D eigenvalue weighted by atomic mass is 10.1. The third-order valence-corrected chi connectivity index (χ3v) is 6.94. The van der Waals surface area contributed by atoms with Gasteiger partial charge in [0.1, 0.15) is 0 Å². The van der Waals surface area contributed by atoms with Crippen molar-refractivity contribution in [3.05, 3.63) is 70.1 Å². The highest BCUT2D eigenvalue weighted by Gasteiger charge is 2.21. The van der Waals surface area contributed by atoms with Crippen LogP contribution in [-0.4, -0.2) is 34.0 Å². The summed E-state index contributed by atoms with van der Waals surface area (Å²) in [6.07, 6.45) is 0. The molecule has 0 fully saturated rings. The third-order valence-electron chi connectivity index (χ3n) is 4.29.